The van der Waals surface area contributed by atoms with Crippen molar-refractivity contribution in [1.82, 2.24) is 20.0 Å². The van der Waals surface area contributed by atoms with E-state index in [1.807, 2.05) is 45.0 Å². The van der Waals surface area contributed by atoms with Crippen LogP contribution in [-0.4, -0.2) is 95.2 Å². The average molecular weight is 785 g/mol. The topological polar surface area (TPSA) is 164 Å². The van der Waals surface area contributed by atoms with Crippen LogP contribution in [-0.2, 0) is 19.2 Å². The lowest BCUT2D eigenvalue weighted by Gasteiger charge is -2.45. The number of anilines is 2. The predicted molar refractivity (Wildman–Crippen MR) is 210 cm³/mol. The first kappa shape index (κ1) is 40.5. The Balaban J connectivity index is 1.44. The Hall–Kier alpha value is -6.12. The van der Waals surface area contributed by atoms with Crippen LogP contribution in [0.5, 0.6) is 23.0 Å². The first-order valence-corrected chi connectivity index (χ1v) is 18.9. The molecule has 3 aromatic carbocycles. The lowest BCUT2D eigenvalue weighted by Crippen LogP contribution is -2.70. The van der Waals surface area contributed by atoms with E-state index < -0.39 is 52.9 Å². The number of halogens is 1. The molecule has 14 nitrogen and oxygen atoms in total. The smallest absolute Gasteiger partial charge is 0.252 e. The second-order valence-electron chi connectivity index (χ2n) is 14.7. The van der Waals surface area contributed by atoms with Gasteiger partial charge in [0.15, 0.2) is 28.8 Å². The minimum atomic E-state index is -2.04. The van der Waals surface area contributed by atoms with Crippen molar-refractivity contribution in [3.8, 4) is 23.0 Å². The molecule has 4 amide bonds. The van der Waals surface area contributed by atoms with Crippen molar-refractivity contribution in [2.24, 2.45) is 0 Å². The van der Waals surface area contributed by atoms with Crippen molar-refractivity contribution < 1.29 is 42.5 Å². The molecule has 0 saturated carbocycles. The third-order valence-corrected chi connectivity index (χ3v) is 10.4. The number of rotatable bonds is 15. The largest absolute Gasteiger partial charge is 0.493 e. The van der Waals surface area contributed by atoms with Crippen LogP contribution in [0.4, 0.5) is 15.9 Å². The second-order valence-corrected chi connectivity index (χ2v) is 14.7. The number of amides is 4. The molecule has 0 aliphatic carbocycles. The molecular formula is C42H49FN6O8. The number of hydrogen-bond acceptors (Lipinski definition) is 9. The van der Waals surface area contributed by atoms with E-state index in [0.29, 0.717) is 35.3 Å². The fourth-order valence-electron chi connectivity index (χ4n) is 7.69. The first-order valence-electron chi connectivity index (χ1n) is 18.9. The molecule has 0 spiro atoms. The summed E-state index contributed by atoms with van der Waals surface area (Å²) in [5, 5.41) is 12.5. The monoisotopic (exact) mass is 784 g/mol. The van der Waals surface area contributed by atoms with Gasteiger partial charge in [0, 0.05) is 55.2 Å². The summed E-state index contributed by atoms with van der Waals surface area (Å²) in [5.74, 6) is -1.62. The zero-order valence-electron chi connectivity index (χ0n) is 33.2. The number of aromatic amines is 1. The van der Waals surface area contributed by atoms with Gasteiger partial charge in [-0.15, -0.1) is 0 Å². The summed E-state index contributed by atoms with van der Waals surface area (Å²) in [7, 11) is 3.08. The number of ether oxygens (including phenoxy) is 4. The molecule has 57 heavy (non-hydrogen) atoms. The molecule has 4 atom stereocenters. The quantitative estimate of drug-likeness (QED) is 0.135. The SMILES string of the molecule is CCOc1cc(C2CC(=O)N(C(C(=O)Nc3cc(C)[nH]n3)C(C)(C(=O)Nc3cccc(F)c3)N3CC(c4ccc(OC)c(OC(C)C)c4)CC3=O)C2)ccc1OC. The van der Waals surface area contributed by atoms with Crippen molar-refractivity contribution in [1.29, 1.82) is 0 Å². The zero-order chi connectivity index (χ0) is 41.0. The highest BCUT2D eigenvalue weighted by Gasteiger charge is 2.58. The molecule has 0 radical (unpaired) electrons. The molecule has 2 aliphatic heterocycles. The summed E-state index contributed by atoms with van der Waals surface area (Å²) in [6.07, 6.45) is -0.161. The van der Waals surface area contributed by atoms with E-state index in [4.69, 9.17) is 18.9 Å². The number of benzene rings is 3. The Morgan fingerprint density at radius 2 is 1.54 bits per heavy atom. The fourth-order valence-corrected chi connectivity index (χ4v) is 7.69. The standard InChI is InChI=1S/C42H49FN6O8/c1-8-56-34-17-26(12-14-32(34)54-6)28-19-37(50)48(22-28)39(40(52)45-36-16-25(4)46-47-36)42(5,41(53)44-31-11-9-10-30(43)21-31)49-23-29(20-38(49)51)27-13-15-33(55-7)35(18-27)57-24(2)3/h9-18,21,24,28-29,39H,8,19-20,22-23H2,1-7H3,(H,44,53)(H2,45,46,47,52). The number of hydrogen-bond donors (Lipinski definition) is 3. The van der Waals surface area contributed by atoms with Gasteiger partial charge in [-0.25, -0.2) is 4.39 Å². The summed E-state index contributed by atoms with van der Waals surface area (Å²) in [4.78, 5) is 61.2. The van der Waals surface area contributed by atoms with Crippen molar-refractivity contribution in [2.75, 3.05) is 44.5 Å². The van der Waals surface area contributed by atoms with Crippen molar-refractivity contribution in [3.05, 3.63) is 89.4 Å². The molecule has 15 heteroatoms. The average Bonchev–Trinajstić information content (AvgIpc) is 3.89. The van der Waals surface area contributed by atoms with Gasteiger partial charge in [-0.2, -0.15) is 5.10 Å². The number of aryl methyl sites for hydroxylation is 1. The van der Waals surface area contributed by atoms with Gasteiger partial charge in [-0.3, -0.25) is 24.3 Å². The Morgan fingerprint density at radius 1 is 0.895 bits per heavy atom. The van der Waals surface area contributed by atoms with Gasteiger partial charge in [0.25, 0.3) is 11.8 Å². The second kappa shape index (κ2) is 16.9. The Morgan fingerprint density at radius 3 is 2.16 bits per heavy atom. The molecular weight excluding hydrogens is 735 g/mol. The van der Waals surface area contributed by atoms with Gasteiger partial charge < -0.3 is 39.4 Å². The van der Waals surface area contributed by atoms with Crippen LogP contribution in [0, 0.1) is 12.7 Å². The van der Waals surface area contributed by atoms with Gasteiger partial charge >= 0.3 is 0 Å². The van der Waals surface area contributed by atoms with E-state index in [2.05, 4.69) is 20.8 Å². The highest BCUT2D eigenvalue weighted by atomic mass is 19.1. The minimum Gasteiger partial charge on any atom is -0.493 e. The Labute approximate surface area is 331 Å². The van der Waals surface area contributed by atoms with E-state index in [1.54, 1.807) is 25.1 Å². The molecule has 2 fully saturated rings. The van der Waals surface area contributed by atoms with Crippen molar-refractivity contribution >= 4 is 35.1 Å². The molecule has 4 aromatic rings. The molecule has 2 saturated heterocycles. The number of nitrogens with zero attached hydrogens (tertiary/aromatic N) is 3. The van der Waals surface area contributed by atoms with Crippen LogP contribution < -0.4 is 29.6 Å². The van der Waals surface area contributed by atoms with Crippen LogP contribution in [0.2, 0.25) is 0 Å². The lowest BCUT2D eigenvalue weighted by molar-refractivity contribution is -0.153. The van der Waals surface area contributed by atoms with Crippen molar-refractivity contribution in [3.63, 3.8) is 0 Å². The van der Waals surface area contributed by atoms with Crippen molar-refractivity contribution in [2.45, 2.75) is 77.0 Å². The maximum atomic E-state index is 15.0. The lowest BCUT2D eigenvalue weighted by atomic mass is 9.86. The molecule has 1 aromatic heterocycles. The number of H-pyrrole nitrogens is 1. The Bertz CT molecular complexity index is 2140. The number of methoxy groups -OCH3 is 2. The molecule has 2 aliphatic rings. The third-order valence-electron chi connectivity index (χ3n) is 10.4. The number of nitrogens with one attached hydrogen (secondary N) is 3. The summed E-state index contributed by atoms with van der Waals surface area (Å²) in [6.45, 7) is 9.29. The van der Waals surface area contributed by atoms with E-state index in [0.717, 1.165) is 17.2 Å². The summed E-state index contributed by atoms with van der Waals surface area (Å²) in [6, 6.07) is 16.1. The van der Waals surface area contributed by atoms with Gasteiger partial charge in [0.1, 0.15) is 17.4 Å². The normalized spacial score (nSPS) is 18.3. The van der Waals surface area contributed by atoms with Crippen LogP contribution in [0.15, 0.2) is 66.7 Å². The summed E-state index contributed by atoms with van der Waals surface area (Å²) >= 11 is 0. The van der Waals surface area contributed by atoms with E-state index in [1.165, 1.54) is 49.1 Å². The molecule has 4 unspecified atom stereocenters. The third kappa shape index (κ3) is 8.52. The highest BCUT2D eigenvalue weighted by Crippen LogP contribution is 2.42. The van der Waals surface area contributed by atoms with Gasteiger partial charge in [0.05, 0.1) is 26.9 Å². The van der Waals surface area contributed by atoms with E-state index >= 15 is 0 Å². The fraction of sp³-hybridized carbons (Fsp3) is 0.405. The maximum Gasteiger partial charge on any atom is 0.252 e. The minimum absolute atomic E-state index is 0.00578. The number of carbonyl (C=O) groups is 4. The molecule has 0 bridgehead atoms. The highest BCUT2D eigenvalue weighted by molar-refractivity contribution is 6.09. The molecule has 3 heterocycles. The number of carbonyl (C=O) groups excluding carboxylic acids is 4. The van der Waals surface area contributed by atoms with Gasteiger partial charge in [-0.05, 0) is 88.2 Å². The van der Waals surface area contributed by atoms with E-state index in [-0.39, 0.29) is 43.5 Å². The maximum absolute atomic E-state index is 15.0. The Kier molecular flexibility index (Phi) is 12.0. The summed E-state index contributed by atoms with van der Waals surface area (Å²) < 4.78 is 37.3. The molecule has 6 rings (SSSR count). The first-order chi connectivity index (χ1) is 27.2. The van der Waals surface area contributed by atoms with Gasteiger partial charge in [0.2, 0.25) is 11.8 Å². The number of likely N-dealkylation sites (tertiary alicyclic amines) is 2. The molecule has 3 N–H and O–H groups in total. The van der Waals surface area contributed by atoms with E-state index in [9.17, 15) is 23.6 Å². The molecule has 302 valence electrons. The van der Waals surface area contributed by atoms with Gasteiger partial charge in [-0.1, -0.05) is 18.2 Å². The van der Waals surface area contributed by atoms with Crippen LogP contribution in [0.1, 0.15) is 69.2 Å². The van der Waals surface area contributed by atoms with Crippen LogP contribution >= 0.6 is 0 Å². The van der Waals surface area contributed by atoms with Crippen LogP contribution in [0.25, 0.3) is 0 Å². The van der Waals surface area contributed by atoms with Crippen LogP contribution in [0.3, 0.4) is 0 Å². The predicted octanol–water partition coefficient (Wildman–Crippen LogP) is 5.80. The summed E-state index contributed by atoms with van der Waals surface area (Å²) in [5.41, 5.74) is 0.241. The zero-order valence-corrected chi connectivity index (χ0v) is 33.2. The number of aromatic nitrogens is 2.